The zero-order chi connectivity index (χ0) is 12.9. The number of imidazole rings is 1. The van der Waals surface area contributed by atoms with Crippen LogP contribution in [0.1, 0.15) is 20.8 Å². The van der Waals surface area contributed by atoms with Crippen LogP contribution in [-0.2, 0) is 11.3 Å². The molecule has 0 saturated carbocycles. The lowest BCUT2D eigenvalue weighted by molar-refractivity contribution is 0.0484. The van der Waals surface area contributed by atoms with Gasteiger partial charge < -0.3 is 19.7 Å². The first-order chi connectivity index (χ1) is 7.87. The Kier molecular flexibility index (Phi) is 4.51. The molecule has 1 atom stereocenters. The maximum atomic E-state index is 11.3. The molecule has 1 amide bonds. The fourth-order valence-corrected chi connectivity index (χ4v) is 1.22. The van der Waals surface area contributed by atoms with E-state index in [-0.39, 0.29) is 6.54 Å². The molecule has 2 N–H and O–H groups in total. The third-order valence-corrected chi connectivity index (χ3v) is 1.86. The standard InChI is InChI=1S/C11H19N3O3/c1-11(2,3)17-10(16)13-6-9(15)7-14-5-4-12-8-14/h4-5,8-9,15H,6-7H2,1-3H3,(H,13,16). The topological polar surface area (TPSA) is 76.4 Å². The second-order valence-electron chi connectivity index (χ2n) is 4.80. The number of hydrogen-bond acceptors (Lipinski definition) is 4. The molecule has 1 aromatic heterocycles. The third-order valence-electron chi connectivity index (χ3n) is 1.86. The first-order valence-corrected chi connectivity index (χ1v) is 5.47. The molecule has 6 nitrogen and oxygen atoms in total. The van der Waals surface area contributed by atoms with Crippen molar-refractivity contribution in [2.45, 2.75) is 39.0 Å². The molecular weight excluding hydrogens is 222 g/mol. The van der Waals surface area contributed by atoms with Gasteiger partial charge in [-0.1, -0.05) is 0 Å². The second kappa shape index (κ2) is 5.67. The molecule has 0 fully saturated rings. The number of amides is 1. The van der Waals surface area contributed by atoms with Crippen LogP contribution in [0.5, 0.6) is 0 Å². The van der Waals surface area contributed by atoms with Crippen LogP contribution in [0, 0.1) is 0 Å². The van der Waals surface area contributed by atoms with Crippen molar-refractivity contribution in [2.24, 2.45) is 0 Å². The van der Waals surface area contributed by atoms with Crippen molar-refractivity contribution in [2.75, 3.05) is 6.54 Å². The minimum atomic E-state index is -0.670. The molecule has 0 aliphatic rings. The van der Waals surface area contributed by atoms with Gasteiger partial charge in [-0.15, -0.1) is 0 Å². The van der Waals surface area contributed by atoms with E-state index in [1.807, 2.05) is 0 Å². The largest absolute Gasteiger partial charge is 0.444 e. The van der Waals surface area contributed by atoms with E-state index in [1.165, 1.54) is 0 Å². The number of nitrogens with zero attached hydrogens (tertiary/aromatic N) is 2. The summed E-state index contributed by atoms with van der Waals surface area (Å²) in [7, 11) is 0. The summed E-state index contributed by atoms with van der Waals surface area (Å²) >= 11 is 0. The van der Waals surface area contributed by atoms with E-state index in [0.717, 1.165) is 0 Å². The Labute approximate surface area is 101 Å². The highest BCUT2D eigenvalue weighted by Gasteiger charge is 2.16. The lowest BCUT2D eigenvalue weighted by Gasteiger charge is -2.20. The number of nitrogens with one attached hydrogen (secondary N) is 1. The molecule has 1 rings (SSSR count). The zero-order valence-corrected chi connectivity index (χ0v) is 10.4. The molecule has 0 aliphatic carbocycles. The van der Waals surface area contributed by atoms with E-state index in [2.05, 4.69) is 10.3 Å². The smallest absolute Gasteiger partial charge is 0.407 e. The second-order valence-corrected chi connectivity index (χ2v) is 4.80. The summed E-state index contributed by atoms with van der Waals surface area (Å²) in [6, 6.07) is 0. The monoisotopic (exact) mass is 241 g/mol. The maximum absolute atomic E-state index is 11.3. The van der Waals surface area contributed by atoms with Gasteiger partial charge in [0, 0.05) is 18.9 Å². The molecule has 0 radical (unpaired) electrons. The van der Waals surface area contributed by atoms with Gasteiger partial charge in [0.05, 0.1) is 19.0 Å². The molecule has 0 bridgehead atoms. The molecule has 0 spiro atoms. The summed E-state index contributed by atoms with van der Waals surface area (Å²) in [6.07, 6.45) is 3.79. The fraction of sp³-hybridized carbons (Fsp3) is 0.636. The van der Waals surface area contributed by atoms with Gasteiger partial charge in [0.1, 0.15) is 5.60 Å². The van der Waals surface area contributed by atoms with E-state index in [1.54, 1.807) is 44.1 Å². The highest BCUT2D eigenvalue weighted by Crippen LogP contribution is 2.06. The Balaban J connectivity index is 2.24. The Morgan fingerprint density at radius 2 is 2.29 bits per heavy atom. The van der Waals surface area contributed by atoms with Gasteiger partial charge in [0.25, 0.3) is 0 Å². The van der Waals surface area contributed by atoms with Gasteiger partial charge in [-0.25, -0.2) is 9.78 Å². The number of hydrogen-bond donors (Lipinski definition) is 2. The molecule has 1 aromatic rings. The predicted molar refractivity (Wildman–Crippen MR) is 62.5 cm³/mol. The van der Waals surface area contributed by atoms with Crippen LogP contribution in [0.3, 0.4) is 0 Å². The summed E-state index contributed by atoms with van der Waals surface area (Å²) in [4.78, 5) is 15.2. The maximum Gasteiger partial charge on any atom is 0.407 e. The van der Waals surface area contributed by atoms with E-state index >= 15 is 0 Å². The lowest BCUT2D eigenvalue weighted by Crippen LogP contribution is -2.38. The van der Waals surface area contributed by atoms with Crippen LogP contribution in [-0.4, -0.2) is 39.0 Å². The van der Waals surface area contributed by atoms with E-state index in [9.17, 15) is 9.90 Å². The van der Waals surface area contributed by atoms with Crippen LogP contribution in [0.2, 0.25) is 0 Å². The zero-order valence-electron chi connectivity index (χ0n) is 10.4. The SMILES string of the molecule is CC(C)(C)OC(=O)NCC(O)Cn1ccnc1. The average molecular weight is 241 g/mol. The van der Waals surface area contributed by atoms with Gasteiger partial charge in [-0.2, -0.15) is 0 Å². The minimum Gasteiger partial charge on any atom is -0.444 e. The normalized spacial score (nSPS) is 13.2. The molecule has 0 saturated heterocycles. The van der Waals surface area contributed by atoms with Crippen LogP contribution in [0.25, 0.3) is 0 Å². The lowest BCUT2D eigenvalue weighted by atomic mass is 10.2. The molecule has 17 heavy (non-hydrogen) atoms. The average Bonchev–Trinajstić information content (AvgIpc) is 2.64. The number of aliphatic hydroxyl groups excluding tert-OH is 1. The van der Waals surface area contributed by atoms with Gasteiger partial charge in [0.2, 0.25) is 0 Å². The summed E-state index contributed by atoms with van der Waals surface area (Å²) in [6.45, 7) is 5.89. The number of alkyl carbamates (subject to hydrolysis) is 1. The Morgan fingerprint density at radius 1 is 1.59 bits per heavy atom. The summed E-state index contributed by atoms with van der Waals surface area (Å²) in [5, 5.41) is 12.2. The van der Waals surface area contributed by atoms with E-state index in [0.29, 0.717) is 6.54 Å². The molecule has 0 aliphatic heterocycles. The van der Waals surface area contributed by atoms with Crippen LogP contribution >= 0.6 is 0 Å². The first-order valence-electron chi connectivity index (χ1n) is 5.47. The van der Waals surface area contributed by atoms with Crippen LogP contribution < -0.4 is 5.32 Å². The summed E-state index contributed by atoms with van der Waals surface area (Å²) in [5.74, 6) is 0. The van der Waals surface area contributed by atoms with E-state index in [4.69, 9.17) is 4.74 Å². The Bertz CT molecular complexity index is 343. The highest BCUT2D eigenvalue weighted by molar-refractivity contribution is 5.67. The van der Waals surface area contributed by atoms with Gasteiger partial charge in [0.15, 0.2) is 0 Å². The van der Waals surface area contributed by atoms with Gasteiger partial charge in [-0.05, 0) is 20.8 Å². The number of aromatic nitrogens is 2. The molecule has 1 unspecified atom stereocenters. The predicted octanol–water partition coefficient (Wildman–Crippen LogP) is 0.769. The van der Waals surface area contributed by atoms with Crippen molar-refractivity contribution >= 4 is 6.09 Å². The molecule has 1 heterocycles. The summed E-state index contributed by atoms with van der Waals surface area (Å²) in [5.41, 5.74) is -0.528. The molecular formula is C11H19N3O3. The van der Waals surface area contributed by atoms with Gasteiger partial charge in [-0.3, -0.25) is 0 Å². The number of ether oxygens (including phenoxy) is 1. The molecule has 0 aromatic carbocycles. The number of aliphatic hydroxyl groups is 1. The fourth-order valence-electron chi connectivity index (χ4n) is 1.22. The molecule has 6 heteroatoms. The van der Waals surface area contributed by atoms with Crippen LogP contribution in [0.15, 0.2) is 18.7 Å². The quantitative estimate of drug-likeness (QED) is 0.816. The van der Waals surface area contributed by atoms with Crippen molar-refractivity contribution in [3.63, 3.8) is 0 Å². The Hall–Kier alpha value is -1.56. The van der Waals surface area contributed by atoms with Crippen molar-refractivity contribution in [1.82, 2.24) is 14.9 Å². The van der Waals surface area contributed by atoms with Gasteiger partial charge >= 0.3 is 6.09 Å². The van der Waals surface area contributed by atoms with E-state index < -0.39 is 17.8 Å². The van der Waals surface area contributed by atoms with Crippen molar-refractivity contribution < 1.29 is 14.6 Å². The number of rotatable bonds is 4. The van der Waals surface area contributed by atoms with Crippen molar-refractivity contribution in [3.05, 3.63) is 18.7 Å². The first kappa shape index (κ1) is 13.5. The number of carbonyl (C=O) groups excluding carboxylic acids is 1. The van der Waals surface area contributed by atoms with Crippen molar-refractivity contribution in [1.29, 1.82) is 0 Å². The summed E-state index contributed by atoms with van der Waals surface area (Å²) < 4.78 is 6.78. The number of carbonyl (C=O) groups is 1. The van der Waals surface area contributed by atoms with Crippen LogP contribution in [0.4, 0.5) is 4.79 Å². The Morgan fingerprint density at radius 3 is 2.82 bits per heavy atom. The van der Waals surface area contributed by atoms with Crippen molar-refractivity contribution in [3.8, 4) is 0 Å². The third kappa shape index (κ3) is 5.91. The molecule has 96 valence electrons. The highest BCUT2D eigenvalue weighted by atomic mass is 16.6. The minimum absolute atomic E-state index is 0.146.